The lowest BCUT2D eigenvalue weighted by molar-refractivity contribution is 0.0468. The van der Waals surface area contributed by atoms with Crippen LogP contribution >= 0.6 is 0 Å². The lowest BCUT2D eigenvalue weighted by atomic mass is 10.2. The Morgan fingerprint density at radius 1 is 1.28 bits per heavy atom. The van der Waals surface area contributed by atoms with Gasteiger partial charge in [0.2, 0.25) is 0 Å². The second kappa shape index (κ2) is 7.55. The van der Waals surface area contributed by atoms with Crippen molar-refractivity contribution in [2.75, 3.05) is 32.7 Å². The van der Waals surface area contributed by atoms with Gasteiger partial charge < -0.3 is 19.9 Å². The molecule has 0 amide bonds. The van der Waals surface area contributed by atoms with E-state index in [0.29, 0.717) is 43.2 Å². The summed E-state index contributed by atoms with van der Waals surface area (Å²) in [5, 5.41) is 0. The van der Waals surface area contributed by atoms with Gasteiger partial charge in [-0.1, -0.05) is 0 Å². The van der Waals surface area contributed by atoms with Gasteiger partial charge in [-0.05, 0) is 19.1 Å². The second-order valence-electron chi connectivity index (χ2n) is 3.71. The largest absolute Gasteiger partial charge is 0.494 e. The van der Waals surface area contributed by atoms with E-state index in [1.165, 1.54) is 0 Å². The Morgan fingerprint density at radius 3 is 2.72 bits per heavy atom. The second-order valence-corrected chi connectivity index (χ2v) is 3.71. The molecule has 0 aliphatic rings. The third-order valence-electron chi connectivity index (χ3n) is 2.20. The molecule has 1 aromatic carbocycles. The highest BCUT2D eigenvalue weighted by atomic mass is 16.5. The normalized spacial score (nSPS) is 10.1. The number of nitrogen functional groups attached to an aromatic ring is 1. The topological polar surface area (TPSA) is 70.8 Å². The average Bonchev–Trinajstić information content (AvgIpc) is 2.34. The van der Waals surface area contributed by atoms with Crippen LogP contribution in [0, 0.1) is 0 Å². The molecule has 0 fully saturated rings. The lowest BCUT2D eigenvalue weighted by Crippen LogP contribution is -2.09. The number of hydrogen-bond acceptors (Lipinski definition) is 5. The molecule has 0 atom stereocenters. The zero-order valence-corrected chi connectivity index (χ0v) is 10.8. The number of rotatable bonds is 7. The van der Waals surface area contributed by atoms with Crippen LogP contribution in [-0.4, -0.2) is 32.9 Å². The summed E-state index contributed by atoms with van der Waals surface area (Å²) in [7, 11) is 1.61. The summed E-state index contributed by atoms with van der Waals surface area (Å²) in [6.07, 6.45) is 0.670. The van der Waals surface area contributed by atoms with Crippen LogP contribution in [-0.2, 0) is 9.47 Å². The van der Waals surface area contributed by atoms with Crippen LogP contribution in [0.1, 0.15) is 23.7 Å². The van der Waals surface area contributed by atoms with Crippen LogP contribution in [0.5, 0.6) is 5.75 Å². The zero-order valence-electron chi connectivity index (χ0n) is 10.8. The van der Waals surface area contributed by atoms with Gasteiger partial charge in [-0.25, -0.2) is 4.79 Å². The molecule has 0 unspecified atom stereocenters. The highest BCUT2D eigenvalue weighted by Gasteiger charge is 2.09. The lowest BCUT2D eigenvalue weighted by Gasteiger charge is -2.08. The van der Waals surface area contributed by atoms with Gasteiger partial charge in [0.1, 0.15) is 5.75 Å². The Balaban J connectivity index is 2.61. The van der Waals surface area contributed by atoms with E-state index in [1.54, 1.807) is 25.3 Å². The molecule has 5 heteroatoms. The van der Waals surface area contributed by atoms with Gasteiger partial charge in [-0.3, -0.25) is 0 Å². The first-order chi connectivity index (χ1) is 8.67. The van der Waals surface area contributed by atoms with Crippen LogP contribution in [0.4, 0.5) is 5.69 Å². The van der Waals surface area contributed by atoms with Crippen molar-refractivity contribution in [2.45, 2.75) is 13.3 Å². The van der Waals surface area contributed by atoms with Crippen molar-refractivity contribution in [2.24, 2.45) is 0 Å². The van der Waals surface area contributed by atoms with E-state index in [-0.39, 0.29) is 0 Å². The highest BCUT2D eigenvalue weighted by Crippen LogP contribution is 2.19. The van der Waals surface area contributed by atoms with Gasteiger partial charge in [-0.15, -0.1) is 0 Å². The van der Waals surface area contributed by atoms with E-state index < -0.39 is 5.97 Å². The van der Waals surface area contributed by atoms with Crippen LogP contribution in [0.25, 0.3) is 0 Å². The number of esters is 1. The fourth-order valence-electron chi connectivity index (χ4n) is 1.44. The highest BCUT2D eigenvalue weighted by molar-refractivity contribution is 5.91. The first kappa shape index (κ1) is 14.3. The molecule has 1 rings (SSSR count). The van der Waals surface area contributed by atoms with Crippen molar-refractivity contribution in [3.05, 3.63) is 23.8 Å². The minimum Gasteiger partial charge on any atom is -0.494 e. The predicted molar refractivity (Wildman–Crippen MR) is 68.8 cm³/mol. The molecule has 0 saturated carbocycles. The van der Waals surface area contributed by atoms with E-state index in [1.807, 2.05) is 6.92 Å². The summed E-state index contributed by atoms with van der Waals surface area (Å²) >= 11 is 0. The summed E-state index contributed by atoms with van der Waals surface area (Å²) in [5.74, 6) is 0.167. The Morgan fingerprint density at radius 2 is 2.06 bits per heavy atom. The monoisotopic (exact) mass is 253 g/mol. The average molecular weight is 253 g/mol. The summed E-state index contributed by atoms with van der Waals surface area (Å²) < 4.78 is 15.3. The molecule has 2 N–H and O–H groups in total. The molecule has 0 heterocycles. The van der Waals surface area contributed by atoms with Gasteiger partial charge in [-0.2, -0.15) is 0 Å². The van der Waals surface area contributed by atoms with Gasteiger partial charge in [0.05, 0.1) is 18.8 Å². The van der Waals surface area contributed by atoms with Crippen molar-refractivity contribution < 1.29 is 19.0 Å². The number of hydrogen-bond donors (Lipinski definition) is 1. The van der Waals surface area contributed by atoms with Crippen LogP contribution in [0.2, 0.25) is 0 Å². The maximum absolute atomic E-state index is 11.7. The van der Waals surface area contributed by atoms with Crippen LogP contribution in [0.15, 0.2) is 18.2 Å². The van der Waals surface area contributed by atoms with Crippen LogP contribution in [0.3, 0.4) is 0 Å². The maximum atomic E-state index is 11.7. The number of carbonyl (C=O) groups excluding carboxylic acids is 1. The number of anilines is 1. The molecule has 0 aliphatic carbocycles. The van der Waals surface area contributed by atoms with Crippen molar-refractivity contribution in [1.29, 1.82) is 0 Å². The van der Waals surface area contributed by atoms with Gasteiger partial charge in [0.25, 0.3) is 0 Å². The molecule has 1 aromatic rings. The van der Waals surface area contributed by atoms with Gasteiger partial charge in [0, 0.05) is 31.9 Å². The van der Waals surface area contributed by atoms with Gasteiger partial charge in [0.15, 0.2) is 0 Å². The van der Waals surface area contributed by atoms with E-state index in [0.717, 1.165) is 0 Å². The SMILES string of the molecule is CCOc1cc(N)cc(C(=O)OCCCOC)c1. The number of nitrogens with two attached hydrogens (primary N) is 1. The summed E-state index contributed by atoms with van der Waals surface area (Å²) in [4.78, 5) is 11.7. The Labute approximate surface area is 107 Å². The van der Waals surface area contributed by atoms with Crippen molar-refractivity contribution in [1.82, 2.24) is 0 Å². The predicted octanol–water partition coefficient (Wildman–Crippen LogP) is 1.86. The fraction of sp³-hybridized carbons (Fsp3) is 0.462. The summed E-state index contributed by atoms with van der Waals surface area (Å²) in [5.41, 5.74) is 6.57. The maximum Gasteiger partial charge on any atom is 0.338 e. The standard InChI is InChI=1S/C13H19NO4/c1-3-17-12-8-10(7-11(14)9-12)13(15)18-6-4-5-16-2/h7-9H,3-6,14H2,1-2H3. The third kappa shape index (κ3) is 4.63. The van der Waals surface area contributed by atoms with E-state index in [4.69, 9.17) is 19.9 Å². The van der Waals surface area contributed by atoms with Gasteiger partial charge >= 0.3 is 5.97 Å². The van der Waals surface area contributed by atoms with E-state index in [9.17, 15) is 4.79 Å². The molecule has 0 radical (unpaired) electrons. The smallest absolute Gasteiger partial charge is 0.338 e. The van der Waals surface area contributed by atoms with Crippen LogP contribution < -0.4 is 10.5 Å². The molecule has 0 spiro atoms. The first-order valence-electron chi connectivity index (χ1n) is 5.86. The Bertz CT molecular complexity index is 393. The van der Waals surface area contributed by atoms with E-state index >= 15 is 0 Å². The van der Waals surface area contributed by atoms with Crippen molar-refractivity contribution >= 4 is 11.7 Å². The number of carbonyl (C=O) groups is 1. The number of benzene rings is 1. The third-order valence-corrected chi connectivity index (χ3v) is 2.20. The first-order valence-corrected chi connectivity index (χ1v) is 5.86. The van der Waals surface area contributed by atoms with Crippen molar-refractivity contribution in [3.8, 4) is 5.75 Å². The summed E-state index contributed by atoms with van der Waals surface area (Å²) in [6, 6.07) is 4.87. The quantitative estimate of drug-likeness (QED) is 0.456. The number of ether oxygens (including phenoxy) is 3. The van der Waals surface area contributed by atoms with E-state index in [2.05, 4.69) is 0 Å². The molecule has 0 aromatic heterocycles. The molecule has 0 saturated heterocycles. The fourth-order valence-corrected chi connectivity index (χ4v) is 1.44. The minimum atomic E-state index is -0.403. The number of methoxy groups -OCH3 is 1. The summed E-state index contributed by atoms with van der Waals surface area (Å²) in [6.45, 7) is 3.28. The molecular formula is C13H19NO4. The molecule has 0 bridgehead atoms. The Hall–Kier alpha value is -1.75. The minimum absolute atomic E-state index is 0.325. The molecule has 5 nitrogen and oxygen atoms in total. The Kier molecular flexibility index (Phi) is 6.00. The molecule has 18 heavy (non-hydrogen) atoms. The molecular weight excluding hydrogens is 234 g/mol. The molecule has 0 aliphatic heterocycles. The molecule has 100 valence electrons. The zero-order chi connectivity index (χ0) is 13.4. The van der Waals surface area contributed by atoms with Crippen molar-refractivity contribution in [3.63, 3.8) is 0 Å².